The van der Waals surface area contributed by atoms with Crippen molar-refractivity contribution in [3.8, 4) is 23.8 Å². The molecule has 4 amide bonds. The summed E-state index contributed by atoms with van der Waals surface area (Å²) in [7, 11) is 1.24. The second-order valence-corrected chi connectivity index (χ2v) is 7.61. The Morgan fingerprint density at radius 2 is 1.88 bits per heavy atom. The highest BCUT2D eigenvalue weighted by molar-refractivity contribution is 9.10. The van der Waals surface area contributed by atoms with Crippen LogP contribution < -0.4 is 19.7 Å². The topological polar surface area (TPSA) is 111 Å². The highest BCUT2D eigenvalue weighted by Gasteiger charge is 2.37. The third-order valence-corrected chi connectivity index (χ3v) is 5.18. The van der Waals surface area contributed by atoms with Gasteiger partial charge in [-0.25, -0.2) is 14.5 Å². The van der Waals surface area contributed by atoms with Crippen LogP contribution in [0.5, 0.6) is 11.5 Å². The molecule has 0 saturated carbocycles. The second kappa shape index (κ2) is 10.7. The molecule has 2 aromatic rings. The van der Waals surface area contributed by atoms with E-state index in [1.54, 1.807) is 19.1 Å². The van der Waals surface area contributed by atoms with Crippen molar-refractivity contribution >= 4 is 51.5 Å². The van der Waals surface area contributed by atoms with Crippen LogP contribution in [0.4, 0.5) is 10.5 Å². The molecule has 1 fully saturated rings. The smallest absolute Gasteiger partial charge is 0.337 e. The number of ether oxygens (including phenoxy) is 3. The molecule has 1 aliphatic heterocycles. The quantitative estimate of drug-likeness (QED) is 0.255. The van der Waals surface area contributed by atoms with Gasteiger partial charge in [-0.15, -0.1) is 6.42 Å². The van der Waals surface area contributed by atoms with Crippen molar-refractivity contribution in [2.45, 2.75) is 6.92 Å². The molecule has 0 aliphatic carbocycles. The summed E-state index contributed by atoms with van der Waals surface area (Å²) in [5.41, 5.74) is 0.576. The number of esters is 1. The summed E-state index contributed by atoms with van der Waals surface area (Å²) < 4.78 is 16.3. The predicted octanol–water partition coefficient (Wildman–Crippen LogP) is 3.31. The lowest BCUT2D eigenvalue weighted by Crippen LogP contribution is -2.54. The highest BCUT2D eigenvalue weighted by atomic mass is 79.9. The molecule has 0 bridgehead atoms. The van der Waals surface area contributed by atoms with Crippen LogP contribution in [0.1, 0.15) is 22.8 Å². The Hall–Kier alpha value is -4.10. The molecule has 9 nitrogen and oxygen atoms in total. The van der Waals surface area contributed by atoms with Gasteiger partial charge in [-0.3, -0.25) is 14.9 Å². The number of imide groups is 2. The number of hydrogen-bond acceptors (Lipinski definition) is 7. The molecule has 34 heavy (non-hydrogen) atoms. The van der Waals surface area contributed by atoms with Crippen molar-refractivity contribution in [2.24, 2.45) is 0 Å². The van der Waals surface area contributed by atoms with E-state index in [-0.39, 0.29) is 23.4 Å². The van der Waals surface area contributed by atoms with Crippen molar-refractivity contribution in [3.63, 3.8) is 0 Å². The number of nitrogens with one attached hydrogen (secondary N) is 1. The molecule has 1 saturated heterocycles. The molecular weight excluding hydrogens is 508 g/mol. The maximum Gasteiger partial charge on any atom is 0.337 e. The first-order chi connectivity index (χ1) is 16.3. The number of rotatable bonds is 7. The molecule has 1 N–H and O–H groups in total. The average molecular weight is 527 g/mol. The first-order valence-corrected chi connectivity index (χ1v) is 10.7. The lowest BCUT2D eigenvalue weighted by Gasteiger charge is -2.26. The maximum absolute atomic E-state index is 13.1. The SMILES string of the molecule is C#CCOc1c(Br)cc(/C=C2\C(=O)NC(=O)N(c3ccc(C(=O)OC)cc3)C2=O)cc1OCC. The fourth-order valence-electron chi connectivity index (χ4n) is 3.11. The van der Waals surface area contributed by atoms with Gasteiger partial charge in [0.05, 0.1) is 29.4 Å². The van der Waals surface area contributed by atoms with Crippen LogP contribution in [-0.4, -0.2) is 44.1 Å². The number of urea groups is 1. The van der Waals surface area contributed by atoms with Crippen molar-refractivity contribution in [1.29, 1.82) is 0 Å². The lowest BCUT2D eigenvalue weighted by molar-refractivity contribution is -0.122. The van der Waals surface area contributed by atoms with Crippen molar-refractivity contribution in [3.05, 3.63) is 57.6 Å². The number of benzene rings is 2. The van der Waals surface area contributed by atoms with Gasteiger partial charge in [-0.1, -0.05) is 5.92 Å². The molecular formula is C24H19BrN2O7. The van der Waals surface area contributed by atoms with E-state index >= 15 is 0 Å². The van der Waals surface area contributed by atoms with Gasteiger partial charge < -0.3 is 14.2 Å². The predicted molar refractivity (Wildman–Crippen MR) is 126 cm³/mol. The molecule has 0 aromatic heterocycles. The third kappa shape index (κ3) is 5.10. The molecule has 0 spiro atoms. The number of anilines is 1. The van der Waals surface area contributed by atoms with Crippen molar-refractivity contribution in [2.75, 3.05) is 25.2 Å². The van der Waals surface area contributed by atoms with E-state index < -0.39 is 23.8 Å². The fraction of sp³-hybridized carbons (Fsp3) is 0.167. The Balaban J connectivity index is 1.99. The number of terminal acetylenes is 1. The van der Waals surface area contributed by atoms with Gasteiger partial charge in [0, 0.05) is 0 Å². The molecule has 174 valence electrons. The minimum atomic E-state index is -0.910. The second-order valence-electron chi connectivity index (χ2n) is 6.75. The van der Waals surface area contributed by atoms with Gasteiger partial charge in [0.2, 0.25) is 0 Å². The number of hydrogen-bond donors (Lipinski definition) is 1. The van der Waals surface area contributed by atoms with Crippen LogP contribution >= 0.6 is 15.9 Å². The van der Waals surface area contributed by atoms with Crippen LogP contribution in [0, 0.1) is 12.3 Å². The molecule has 3 rings (SSSR count). The van der Waals surface area contributed by atoms with Gasteiger partial charge in [-0.05, 0) is 70.9 Å². The van der Waals surface area contributed by atoms with Crippen LogP contribution in [0.25, 0.3) is 6.08 Å². The zero-order chi connectivity index (χ0) is 24.8. The van der Waals surface area contributed by atoms with E-state index in [1.165, 1.54) is 37.5 Å². The largest absolute Gasteiger partial charge is 0.490 e. The Morgan fingerprint density at radius 3 is 2.50 bits per heavy atom. The number of methoxy groups -OCH3 is 1. The first kappa shape index (κ1) is 24.5. The van der Waals surface area contributed by atoms with Gasteiger partial charge in [0.25, 0.3) is 11.8 Å². The standard InChI is InChI=1S/C24H19BrN2O7/c1-4-10-34-20-18(25)12-14(13-19(20)33-5-2)11-17-21(28)26-24(31)27(22(17)29)16-8-6-15(7-9-16)23(30)32-3/h1,6-9,11-13H,5,10H2,2-3H3,(H,26,28,31)/b17-11+. The normalized spacial score (nSPS) is 14.5. The fourth-order valence-corrected chi connectivity index (χ4v) is 3.69. The lowest BCUT2D eigenvalue weighted by atomic mass is 10.1. The first-order valence-electron chi connectivity index (χ1n) is 9.93. The van der Waals surface area contributed by atoms with E-state index in [2.05, 4.69) is 31.9 Å². The van der Waals surface area contributed by atoms with Gasteiger partial charge in [0.15, 0.2) is 11.5 Å². The molecule has 0 unspecified atom stereocenters. The minimum absolute atomic E-state index is 0.0197. The number of halogens is 1. The molecule has 10 heteroatoms. The Kier molecular flexibility index (Phi) is 7.71. The van der Waals surface area contributed by atoms with E-state index in [1.807, 2.05) is 0 Å². The number of barbiturate groups is 1. The Bertz CT molecular complexity index is 1230. The highest BCUT2D eigenvalue weighted by Crippen LogP contribution is 2.37. The number of carbonyl (C=O) groups is 4. The molecule has 1 heterocycles. The minimum Gasteiger partial charge on any atom is -0.490 e. The van der Waals surface area contributed by atoms with Gasteiger partial charge in [-0.2, -0.15) is 0 Å². The summed E-state index contributed by atoms with van der Waals surface area (Å²) >= 11 is 3.39. The van der Waals surface area contributed by atoms with Gasteiger partial charge in [0.1, 0.15) is 12.2 Å². The van der Waals surface area contributed by atoms with Crippen molar-refractivity contribution < 1.29 is 33.4 Å². The molecule has 0 radical (unpaired) electrons. The maximum atomic E-state index is 13.1. The van der Waals surface area contributed by atoms with E-state index in [0.717, 1.165) is 4.90 Å². The molecule has 0 atom stereocenters. The zero-order valence-corrected chi connectivity index (χ0v) is 19.8. The van der Waals surface area contributed by atoms with Crippen LogP contribution in [0.2, 0.25) is 0 Å². The molecule has 2 aromatic carbocycles. The Morgan fingerprint density at radius 1 is 1.18 bits per heavy atom. The van der Waals surface area contributed by atoms with E-state index in [9.17, 15) is 19.2 Å². The van der Waals surface area contributed by atoms with E-state index in [0.29, 0.717) is 28.1 Å². The van der Waals surface area contributed by atoms with Gasteiger partial charge >= 0.3 is 12.0 Å². The average Bonchev–Trinajstić information content (AvgIpc) is 2.81. The van der Waals surface area contributed by atoms with E-state index in [4.69, 9.17) is 15.9 Å². The Labute approximate surface area is 203 Å². The summed E-state index contributed by atoms with van der Waals surface area (Å²) in [5, 5.41) is 2.15. The summed E-state index contributed by atoms with van der Waals surface area (Å²) in [6, 6.07) is 7.90. The monoisotopic (exact) mass is 526 g/mol. The van der Waals surface area contributed by atoms with Crippen LogP contribution in [0.3, 0.4) is 0 Å². The van der Waals surface area contributed by atoms with Crippen LogP contribution in [0.15, 0.2) is 46.4 Å². The zero-order valence-electron chi connectivity index (χ0n) is 18.2. The summed E-state index contributed by atoms with van der Waals surface area (Å²) in [5.74, 6) is 0.857. The summed E-state index contributed by atoms with van der Waals surface area (Å²) in [4.78, 5) is 50.5. The number of amides is 4. The van der Waals surface area contributed by atoms with Crippen LogP contribution in [-0.2, 0) is 14.3 Å². The number of nitrogens with zero attached hydrogens (tertiary/aromatic N) is 1. The molecule has 1 aliphatic rings. The van der Waals surface area contributed by atoms with Crippen molar-refractivity contribution in [1.82, 2.24) is 5.32 Å². The number of carbonyl (C=O) groups excluding carboxylic acids is 4. The third-order valence-electron chi connectivity index (χ3n) is 4.59. The summed E-state index contributed by atoms with van der Waals surface area (Å²) in [6.45, 7) is 2.14. The summed E-state index contributed by atoms with van der Waals surface area (Å²) in [6.07, 6.45) is 6.59.